The molecule has 4 heteroatoms. The van der Waals surface area contributed by atoms with Crippen LogP contribution < -0.4 is 0 Å². The summed E-state index contributed by atoms with van der Waals surface area (Å²) >= 11 is 0. The Labute approximate surface area is 129 Å². The van der Waals surface area contributed by atoms with E-state index in [0.717, 1.165) is 12.1 Å². The fourth-order valence-corrected chi connectivity index (χ4v) is 2.78. The molecule has 0 fully saturated rings. The third-order valence-electron chi connectivity index (χ3n) is 4.28. The quantitative estimate of drug-likeness (QED) is 0.763. The predicted molar refractivity (Wildman–Crippen MR) is 89.8 cm³/mol. The lowest BCUT2D eigenvalue weighted by Gasteiger charge is -2.36. The minimum atomic E-state index is -1.69. The van der Waals surface area contributed by atoms with Crippen LogP contribution in [0.25, 0.3) is 0 Å². The zero-order valence-corrected chi connectivity index (χ0v) is 14.8. The van der Waals surface area contributed by atoms with E-state index in [1.165, 1.54) is 5.56 Å². The Morgan fingerprint density at radius 2 is 1.76 bits per heavy atom. The summed E-state index contributed by atoms with van der Waals surface area (Å²) in [5.41, 5.74) is 2.41. The minimum Gasteiger partial charge on any atom is -0.412 e. The van der Waals surface area contributed by atoms with Crippen molar-refractivity contribution in [3.8, 4) is 0 Å². The molecule has 1 heterocycles. The largest absolute Gasteiger partial charge is 0.412 e. The van der Waals surface area contributed by atoms with Crippen molar-refractivity contribution in [3.63, 3.8) is 0 Å². The second-order valence-corrected chi connectivity index (χ2v) is 11.9. The van der Waals surface area contributed by atoms with Crippen LogP contribution in [0.3, 0.4) is 0 Å². The first-order valence-corrected chi connectivity index (χ1v) is 10.4. The van der Waals surface area contributed by atoms with Gasteiger partial charge in [0.1, 0.15) is 0 Å². The van der Waals surface area contributed by atoms with E-state index >= 15 is 0 Å². The topological polar surface area (TPSA) is 27.1 Å². The summed E-state index contributed by atoms with van der Waals surface area (Å²) in [5, 5.41) is 4.67. The van der Waals surface area contributed by atoms with Crippen LogP contribution in [0.1, 0.15) is 31.9 Å². The molecule has 0 amide bonds. The molecule has 0 N–H and O–H groups in total. The zero-order chi connectivity index (χ0) is 15.5. The van der Waals surface area contributed by atoms with Gasteiger partial charge in [0.05, 0.1) is 19.3 Å². The molecule has 0 unspecified atom stereocenters. The van der Waals surface area contributed by atoms with Crippen LogP contribution >= 0.6 is 0 Å². The average Bonchev–Trinajstić information content (AvgIpc) is 2.84. The molecule has 0 saturated carbocycles. The maximum Gasteiger partial charge on any atom is 0.192 e. The number of nitrogens with zero attached hydrogens (tertiary/aromatic N) is 2. The average molecular weight is 302 g/mol. The molecule has 2 rings (SSSR count). The summed E-state index contributed by atoms with van der Waals surface area (Å²) in [6, 6.07) is 10.4. The number of hydrogen-bond donors (Lipinski definition) is 0. The third kappa shape index (κ3) is 4.28. The van der Waals surface area contributed by atoms with Gasteiger partial charge in [-0.2, -0.15) is 5.10 Å². The molecule has 0 aliphatic rings. The van der Waals surface area contributed by atoms with Gasteiger partial charge < -0.3 is 4.43 Å². The summed E-state index contributed by atoms with van der Waals surface area (Å²) in [4.78, 5) is 0. The monoisotopic (exact) mass is 302 g/mol. The van der Waals surface area contributed by atoms with Crippen LogP contribution in [0.15, 0.2) is 42.7 Å². The molecule has 2 aromatic rings. The van der Waals surface area contributed by atoms with Gasteiger partial charge in [-0.3, -0.25) is 4.68 Å². The molecular weight excluding hydrogens is 276 g/mol. The molecule has 0 aliphatic carbocycles. The van der Waals surface area contributed by atoms with E-state index in [0.29, 0.717) is 6.61 Å². The zero-order valence-electron chi connectivity index (χ0n) is 13.8. The van der Waals surface area contributed by atoms with Gasteiger partial charge in [0, 0.05) is 11.8 Å². The highest BCUT2D eigenvalue weighted by molar-refractivity contribution is 6.74. The Kier molecular flexibility index (Phi) is 4.69. The lowest BCUT2D eigenvalue weighted by atomic mass is 10.2. The first-order chi connectivity index (χ1) is 9.78. The van der Waals surface area contributed by atoms with Crippen molar-refractivity contribution >= 4 is 8.32 Å². The standard InChI is InChI=1S/C17H26N2OSi/c1-17(2,3)21(4,5)20-14-16-11-18-19(13-16)12-15-9-7-6-8-10-15/h6-11,13H,12,14H2,1-5H3. The van der Waals surface area contributed by atoms with Crippen molar-refractivity contribution in [2.45, 2.75) is 52.1 Å². The maximum atomic E-state index is 6.23. The fraction of sp³-hybridized carbons (Fsp3) is 0.471. The summed E-state index contributed by atoms with van der Waals surface area (Å²) in [6.07, 6.45) is 4.00. The van der Waals surface area contributed by atoms with Crippen LogP contribution in [-0.2, 0) is 17.6 Å². The SMILES string of the molecule is CC(C)(C)[Si](C)(C)OCc1cnn(Cc2ccccc2)c1. The van der Waals surface area contributed by atoms with Gasteiger partial charge in [0.2, 0.25) is 0 Å². The van der Waals surface area contributed by atoms with Crippen molar-refractivity contribution < 1.29 is 4.43 Å². The van der Waals surface area contributed by atoms with E-state index in [1.807, 2.05) is 16.9 Å². The Balaban J connectivity index is 1.95. The van der Waals surface area contributed by atoms with E-state index in [-0.39, 0.29) is 5.04 Å². The lowest BCUT2D eigenvalue weighted by Crippen LogP contribution is -2.40. The Bertz CT molecular complexity index is 570. The van der Waals surface area contributed by atoms with E-state index in [1.54, 1.807) is 0 Å². The van der Waals surface area contributed by atoms with Gasteiger partial charge in [-0.15, -0.1) is 0 Å². The Hall–Kier alpha value is -1.39. The van der Waals surface area contributed by atoms with Crippen LogP contribution in [0.2, 0.25) is 18.1 Å². The van der Waals surface area contributed by atoms with Crippen LogP contribution in [0, 0.1) is 0 Å². The highest BCUT2D eigenvalue weighted by atomic mass is 28.4. The summed E-state index contributed by atoms with van der Waals surface area (Å²) in [7, 11) is -1.69. The van der Waals surface area contributed by atoms with Crippen LogP contribution in [-0.4, -0.2) is 18.1 Å². The van der Waals surface area contributed by atoms with Gasteiger partial charge in [-0.1, -0.05) is 51.1 Å². The highest BCUT2D eigenvalue weighted by Crippen LogP contribution is 2.36. The molecule has 0 bridgehead atoms. The van der Waals surface area contributed by atoms with Crippen molar-refractivity contribution in [3.05, 3.63) is 53.9 Å². The molecule has 21 heavy (non-hydrogen) atoms. The summed E-state index contributed by atoms with van der Waals surface area (Å²) in [6.45, 7) is 12.8. The fourth-order valence-electron chi connectivity index (χ4n) is 1.82. The van der Waals surface area contributed by atoms with E-state index in [4.69, 9.17) is 4.43 Å². The smallest absolute Gasteiger partial charge is 0.192 e. The Morgan fingerprint density at radius 1 is 1.10 bits per heavy atom. The molecular formula is C17H26N2OSi. The van der Waals surface area contributed by atoms with Crippen LogP contribution in [0.5, 0.6) is 0 Å². The lowest BCUT2D eigenvalue weighted by molar-refractivity contribution is 0.276. The number of hydrogen-bond acceptors (Lipinski definition) is 2. The van der Waals surface area contributed by atoms with E-state index in [9.17, 15) is 0 Å². The summed E-state index contributed by atoms with van der Waals surface area (Å²) in [5.74, 6) is 0. The van der Waals surface area contributed by atoms with Gasteiger partial charge in [0.25, 0.3) is 0 Å². The minimum absolute atomic E-state index is 0.243. The Morgan fingerprint density at radius 3 is 2.38 bits per heavy atom. The number of benzene rings is 1. The molecule has 0 saturated heterocycles. The van der Waals surface area contributed by atoms with Gasteiger partial charge in [-0.25, -0.2) is 0 Å². The van der Waals surface area contributed by atoms with Crippen LogP contribution in [0.4, 0.5) is 0 Å². The molecule has 0 spiro atoms. The maximum absolute atomic E-state index is 6.23. The first-order valence-electron chi connectivity index (χ1n) is 7.47. The van der Waals surface area contributed by atoms with E-state index < -0.39 is 8.32 Å². The molecule has 1 aromatic carbocycles. The van der Waals surface area contributed by atoms with E-state index in [2.05, 4.69) is 69.4 Å². The van der Waals surface area contributed by atoms with Gasteiger partial charge >= 0.3 is 0 Å². The number of aromatic nitrogens is 2. The summed E-state index contributed by atoms with van der Waals surface area (Å²) < 4.78 is 8.20. The van der Waals surface area contributed by atoms with Crippen molar-refractivity contribution in [1.82, 2.24) is 9.78 Å². The molecule has 114 valence electrons. The predicted octanol–water partition coefficient (Wildman–Crippen LogP) is 4.45. The van der Waals surface area contributed by atoms with Gasteiger partial charge in [-0.05, 0) is 23.7 Å². The number of rotatable bonds is 5. The molecule has 0 radical (unpaired) electrons. The van der Waals surface area contributed by atoms with Crippen molar-refractivity contribution in [2.24, 2.45) is 0 Å². The highest BCUT2D eigenvalue weighted by Gasteiger charge is 2.37. The van der Waals surface area contributed by atoms with Gasteiger partial charge in [0.15, 0.2) is 8.32 Å². The molecule has 3 nitrogen and oxygen atoms in total. The third-order valence-corrected chi connectivity index (χ3v) is 8.76. The molecule has 0 atom stereocenters. The molecule has 0 aliphatic heterocycles. The van der Waals surface area contributed by atoms with Crippen molar-refractivity contribution in [2.75, 3.05) is 0 Å². The second kappa shape index (κ2) is 6.16. The second-order valence-electron chi connectivity index (χ2n) is 7.08. The normalized spacial score (nSPS) is 12.6. The molecule has 1 aromatic heterocycles. The van der Waals surface area contributed by atoms with Crippen molar-refractivity contribution in [1.29, 1.82) is 0 Å². The first kappa shape index (κ1) is 16.0.